The van der Waals surface area contributed by atoms with E-state index < -0.39 is 30.5 Å². The summed E-state index contributed by atoms with van der Waals surface area (Å²) in [5.74, 6) is 1.14. The van der Waals surface area contributed by atoms with Crippen LogP contribution >= 0.6 is 50.5 Å². The molecule has 1 atom stereocenters. The van der Waals surface area contributed by atoms with Crippen molar-refractivity contribution in [2.24, 2.45) is 0 Å². The first-order valence-corrected chi connectivity index (χ1v) is 21.6. The molecule has 0 saturated carbocycles. The number of cyclic esters (lactones) is 1. The number of hydrogen-bond acceptors (Lipinski definition) is 8. The number of halogens is 3. The van der Waals surface area contributed by atoms with Crippen LogP contribution in [0, 0.1) is 0 Å². The maximum Gasteiger partial charge on any atom is 0.522 e. The lowest BCUT2D eigenvalue weighted by Crippen LogP contribution is -2.69. The molecule has 2 aromatic carbocycles. The van der Waals surface area contributed by atoms with Gasteiger partial charge >= 0.3 is 6.09 Å². The number of amides is 1. The third-order valence-corrected chi connectivity index (χ3v) is 16.2. The lowest BCUT2D eigenvalue weighted by Gasteiger charge is -2.53. The number of hydrogen-bond donors (Lipinski definition) is 0. The summed E-state index contributed by atoms with van der Waals surface area (Å²) < 4.78 is 69.0. The molecule has 3 aliphatic heterocycles. The van der Waals surface area contributed by atoms with Crippen LogP contribution in [0.1, 0.15) is 32.1 Å². The molecule has 1 aromatic heterocycles. The van der Waals surface area contributed by atoms with Crippen LogP contribution in [0.15, 0.2) is 103 Å². The molecule has 16 heteroatoms. The first-order valence-electron chi connectivity index (χ1n) is 16.2. The molecule has 0 spiro atoms. The number of alkyl halides is 2. The second kappa shape index (κ2) is 13.9. The number of quaternary nitrogens is 1. The molecule has 7 rings (SSSR count). The topological polar surface area (TPSA) is 110 Å². The number of benzene rings is 2. The van der Waals surface area contributed by atoms with Crippen LogP contribution < -0.4 is 4.74 Å². The maximum atomic E-state index is 14.2. The van der Waals surface area contributed by atoms with Crippen molar-refractivity contribution >= 4 is 76.6 Å². The molecule has 0 N–H and O–H groups in total. The predicted molar refractivity (Wildman–Crippen MR) is 195 cm³/mol. The molecule has 0 radical (unpaired) electrons. The number of fused-ring (bicyclic) bond motifs is 1. The van der Waals surface area contributed by atoms with Crippen molar-refractivity contribution in [3.8, 4) is 11.5 Å². The van der Waals surface area contributed by atoms with E-state index in [1.54, 1.807) is 35.7 Å². The Balaban J connectivity index is 1.12. The van der Waals surface area contributed by atoms with Crippen molar-refractivity contribution in [3.63, 3.8) is 0 Å². The van der Waals surface area contributed by atoms with Crippen LogP contribution in [0.4, 0.5) is 4.79 Å². The predicted octanol–water partition coefficient (Wildman–Crippen LogP) is 7.66. The van der Waals surface area contributed by atoms with E-state index in [1.807, 2.05) is 30.3 Å². The van der Waals surface area contributed by atoms with E-state index >= 15 is 0 Å². The molecular weight excluding hydrogens is 809 g/mol. The number of piperidine rings is 2. The minimum absolute atomic E-state index is 0.0339. The largest absolute Gasteiger partial charge is 0.522 e. The van der Waals surface area contributed by atoms with Gasteiger partial charge in [-0.2, -0.15) is 17.9 Å². The second-order valence-electron chi connectivity index (χ2n) is 12.8. The van der Waals surface area contributed by atoms with Crippen molar-refractivity contribution in [2.45, 2.75) is 57.6 Å². The normalized spacial score (nSPS) is 24.2. The third kappa shape index (κ3) is 6.71. The third-order valence-electron chi connectivity index (χ3n) is 9.93. The average Bonchev–Trinajstić information content (AvgIpc) is 3.66. The van der Waals surface area contributed by atoms with Gasteiger partial charge in [0.2, 0.25) is 10.0 Å². The highest BCUT2D eigenvalue weighted by atomic mass is 79.9. The van der Waals surface area contributed by atoms with Gasteiger partial charge in [-0.1, -0.05) is 45.2 Å². The Bertz CT molecular complexity index is 2030. The van der Waals surface area contributed by atoms with Crippen molar-refractivity contribution < 1.29 is 35.6 Å². The van der Waals surface area contributed by atoms with Gasteiger partial charge in [0.05, 0.1) is 4.90 Å². The molecule has 1 amide bonds. The van der Waals surface area contributed by atoms with Crippen molar-refractivity contribution in [2.75, 3.05) is 32.8 Å². The summed E-state index contributed by atoms with van der Waals surface area (Å²) in [5.41, 5.74) is 1.51. The number of thiophene rings is 1. The fraction of sp³-hybridized carbons (Fsp3) is 0.382. The highest BCUT2D eigenvalue weighted by Gasteiger charge is 2.60. The standard InChI is InChI=1S/C34H35BrCl2N3O7S3/c35-25-3-5-28(6-4-25)47-29-7-9-30(10-8-29)49(42,43)38-17-12-26(13-18-38)40(31-11-16-34(36,37)22-24(31)23-46-33(40)41)27-14-19-39(20-15-27)50(44,45)32-2-1-21-48-32/h1-11,21-22,26-27H,12-20,23H2/q+1. The first kappa shape index (κ1) is 36.1. The Kier molecular flexibility index (Phi) is 10.1. The maximum absolute atomic E-state index is 14.2. The molecule has 4 heterocycles. The summed E-state index contributed by atoms with van der Waals surface area (Å²) in [4.78, 5) is 14.4. The molecule has 10 nitrogen and oxygen atoms in total. The summed E-state index contributed by atoms with van der Waals surface area (Å²) in [5, 5.41) is 1.74. The molecular formula is C34H35BrCl2N3O7S3+. The molecule has 0 bridgehead atoms. The van der Waals surface area contributed by atoms with Crippen LogP contribution in [0.3, 0.4) is 0 Å². The van der Waals surface area contributed by atoms with Crippen LogP contribution in [0.2, 0.25) is 0 Å². The molecule has 4 aliphatic rings. The van der Waals surface area contributed by atoms with Gasteiger partial charge in [0, 0.05) is 68.3 Å². The molecule has 50 heavy (non-hydrogen) atoms. The van der Waals surface area contributed by atoms with E-state index in [2.05, 4.69) is 15.9 Å². The minimum Gasteiger partial charge on any atom is -0.457 e. The number of sulfonamides is 2. The Morgan fingerprint density at radius 3 is 1.96 bits per heavy atom. The van der Waals surface area contributed by atoms with Crippen molar-refractivity contribution in [1.82, 2.24) is 8.61 Å². The zero-order valence-corrected chi connectivity index (χ0v) is 32.3. The van der Waals surface area contributed by atoms with E-state index in [0.717, 1.165) is 15.7 Å². The molecule has 1 unspecified atom stereocenters. The highest BCUT2D eigenvalue weighted by Crippen LogP contribution is 2.48. The molecule has 1 aliphatic carbocycles. The van der Waals surface area contributed by atoms with Gasteiger partial charge in [-0.3, -0.25) is 0 Å². The number of carbonyl (C=O) groups is 1. The Morgan fingerprint density at radius 1 is 0.840 bits per heavy atom. The average molecular weight is 845 g/mol. The number of ether oxygens (including phenoxy) is 2. The lowest BCUT2D eigenvalue weighted by molar-refractivity contribution is -0.875. The number of allylic oxidation sites excluding steroid dienone is 2. The van der Waals surface area contributed by atoms with Gasteiger partial charge in [0.1, 0.15) is 44.4 Å². The van der Waals surface area contributed by atoms with Gasteiger partial charge in [-0.25, -0.2) is 16.8 Å². The van der Waals surface area contributed by atoms with Crippen LogP contribution in [-0.4, -0.2) is 85.2 Å². The van der Waals surface area contributed by atoms with Crippen LogP contribution in [-0.2, 0) is 24.8 Å². The number of carbonyl (C=O) groups excluding carboxylic acids is 1. The van der Waals surface area contributed by atoms with Crippen LogP contribution in [0.25, 0.3) is 0 Å². The molecule has 3 aromatic rings. The monoisotopic (exact) mass is 842 g/mol. The SMILES string of the molecule is O=C1OCC2=CC(Cl)(Cl)CC=C2[N+]1(C1CCN(S(=O)(=O)c2ccc(Oc3ccc(Br)cc3)cc2)CC1)C1CCN(S(=O)(=O)c2cccs2)CC1. The van der Waals surface area contributed by atoms with Gasteiger partial charge in [0.15, 0.2) is 0 Å². The minimum atomic E-state index is -3.84. The highest BCUT2D eigenvalue weighted by molar-refractivity contribution is 9.10. The second-order valence-corrected chi connectivity index (χ2v) is 20.3. The Morgan fingerprint density at radius 2 is 1.40 bits per heavy atom. The summed E-state index contributed by atoms with van der Waals surface area (Å²) in [6.45, 7) is 0.920. The molecule has 266 valence electrons. The van der Waals surface area contributed by atoms with Crippen molar-refractivity contribution in [1.29, 1.82) is 0 Å². The first-order chi connectivity index (χ1) is 23.8. The fourth-order valence-corrected chi connectivity index (χ4v) is 12.3. The van der Waals surface area contributed by atoms with E-state index in [1.165, 1.54) is 32.1 Å². The molecule has 3 fully saturated rings. The number of rotatable bonds is 8. The summed E-state index contributed by atoms with van der Waals surface area (Å²) in [6, 6.07) is 16.4. The fourth-order valence-electron chi connectivity index (χ4n) is 7.57. The van der Waals surface area contributed by atoms with E-state index in [4.69, 9.17) is 32.7 Å². The summed E-state index contributed by atoms with van der Waals surface area (Å²) in [7, 11) is -7.49. The van der Waals surface area contributed by atoms with E-state index in [-0.39, 0.29) is 54.2 Å². The summed E-state index contributed by atoms with van der Waals surface area (Å²) >= 11 is 17.7. The van der Waals surface area contributed by atoms with Gasteiger partial charge in [-0.15, -0.1) is 11.3 Å². The van der Waals surface area contributed by atoms with E-state index in [0.29, 0.717) is 47.8 Å². The quantitative estimate of drug-likeness (QED) is 0.169. The van der Waals surface area contributed by atoms with Crippen molar-refractivity contribution in [3.05, 3.63) is 93.9 Å². The number of nitrogens with zero attached hydrogens (tertiary/aromatic N) is 3. The Labute approximate surface area is 314 Å². The van der Waals surface area contributed by atoms with Gasteiger partial charge in [0.25, 0.3) is 10.0 Å². The molecule has 3 saturated heterocycles. The van der Waals surface area contributed by atoms with Gasteiger partial charge < -0.3 is 9.47 Å². The zero-order chi connectivity index (χ0) is 35.3. The summed E-state index contributed by atoms with van der Waals surface area (Å²) in [6.07, 6.45) is 5.18. The van der Waals surface area contributed by atoms with Gasteiger partial charge in [-0.05, 0) is 72.1 Å². The Hall–Kier alpha value is -2.27. The lowest BCUT2D eigenvalue weighted by atomic mass is 9.88. The van der Waals surface area contributed by atoms with E-state index in [9.17, 15) is 21.6 Å². The van der Waals surface area contributed by atoms with Crippen LogP contribution in [0.5, 0.6) is 11.5 Å². The zero-order valence-electron chi connectivity index (χ0n) is 26.8. The smallest absolute Gasteiger partial charge is 0.457 e.